The van der Waals surface area contributed by atoms with Crippen LogP contribution in [0.3, 0.4) is 0 Å². The Hall–Kier alpha value is -0.930. The molecule has 4 heteroatoms. The van der Waals surface area contributed by atoms with Gasteiger partial charge in [-0.25, -0.2) is 4.39 Å². The van der Waals surface area contributed by atoms with Crippen molar-refractivity contribution in [2.75, 3.05) is 0 Å². The summed E-state index contributed by atoms with van der Waals surface area (Å²) in [7, 11) is 0. The van der Waals surface area contributed by atoms with Gasteiger partial charge in [0.2, 0.25) is 0 Å². The third kappa shape index (κ3) is 6.17. The normalized spacial score (nSPS) is 13.4. The number of benzene rings is 1. The minimum Gasteiger partial charge on any atom is -0.327 e. The summed E-state index contributed by atoms with van der Waals surface area (Å²) in [6, 6.07) is 3.93. The quantitative estimate of drug-likeness (QED) is 0.895. The van der Waals surface area contributed by atoms with E-state index in [0.717, 1.165) is 6.42 Å². The highest BCUT2D eigenvalue weighted by Gasteiger charge is 2.18. The third-order valence-corrected chi connectivity index (χ3v) is 3.12. The average Bonchev–Trinajstić information content (AvgIpc) is 2.19. The van der Waals surface area contributed by atoms with E-state index in [9.17, 15) is 9.18 Å². The van der Waals surface area contributed by atoms with E-state index in [4.69, 9.17) is 17.3 Å². The number of hydrogen-bond acceptors (Lipinski definition) is 2. The number of Topliss-reactive ketones (excluding diaryl/α,β-unsaturated/α-hetero) is 1. The van der Waals surface area contributed by atoms with Gasteiger partial charge in [-0.15, -0.1) is 0 Å². The summed E-state index contributed by atoms with van der Waals surface area (Å²) < 4.78 is 12.9. The van der Waals surface area contributed by atoms with Crippen molar-refractivity contribution < 1.29 is 9.18 Å². The summed E-state index contributed by atoms with van der Waals surface area (Å²) in [4.78, 5) is 11.9. The van der Waals surface area contributed by atoms with Gasteiger partial charge in [0.1, 0.15) is 11.6 Å². The fourth-order valence-corrected chi connectivity index (χ4v) is 2.33. The highest BCUT2D eigenvalue weighted by atomic mass is 35.5. The topological polar surface area (TPSA) is 43.1 Å². The van der Waals surface area contributed by atoms with Gasteiger partial charge >= 0.3 is 0 Å². The van der Waals surface area contributed by atoms with Gasteiger partial charge in [0.25, 0.3) is 0 Å². The van der Waals surface area contributed by atoms with Gasteiger partial charge < -0.3 is 5.73 Å². The van der Waals surface area contributed by atoms with Gasteiger partial charge in [-0.1, -0.05) is 38.4 Å². The summed E-state index contributed by atoms with van der Waals surface area (Å²) in [5, 5.41) is 0.290. The van der Waals surface area contributed by atoms with Crippen LogP contribution in [0.5, 0.6) is 0 Å². The summed E-state index contributed by atoms with van der Waals surface area (Å²) in [5.74, 6) is -0.365. The molecule has 2 N–H and O–H groups in total. The molecule has 0 saturated heterocycles. The van der Waals surface area contributed by atoms with Crippen LogP contribution in [-0.4, -0.2) is 11.8 Å². The number of rotatable bonds is 5. The molecule has 0 aromatic heterocycles. The van der Waals surface area contributed by atoms with Crippen molar-refractivity contribution in [3.05, 3.63) is 34.6 Å². The molecular weight excluding hydrogens is 265 g/mol. The first-order valence-corrected chi connectivity index (χ1v) is 6.76. The second-order valence-electron chi connectivity index (χ2n) is 6.18. The van der Waals surface area contributed by atoms with Crippen molar-refractivity contribution in [1.82, 2.24) is 0 Å². The Morgan fingerprint density at radius 2 is 2.05 bits per heavy atom. The summed E-state index contributed by atoms with van der Waals surface area (Å²) in [6.45, 7) is 6.27. The zero-order valence-corrected chi connectivity index (χ0v) is 12.4. The molecule has 0 aliphatic heterocycles. The van der Waals surface area contributed by atoms with E-state index in [-0.39, 0.29) is 28.7 Å². The zero-order chi connectivity index (χ0) is 14.6. The van der Waals surface area contributed by atoms with Crippen LogP contribution in [0.1, 0.15) is 39.2 Å². The van der Waals surface area contributed by atoms with Crippen molar-refractivity contribution in [3.63, 3.8) is 0 Å². The zero-order valence-electron chi connectivity index (χ0n) is 11.7. The van der Waals surface area contributed by atoms with Crippen LogP contribution in [0, 0.1) is 11.2 Å². The second kappa shape index (κ2) is 6.49. The molecule has 1 rings (SSSR count). The van der Waals surface area contributed by atoms with Gasteiger partial charge in [-0.3, -0.25) is 4.79 Å². The molecule has 1 unspecified atom stereocenters. The van der Waals surface area contributed by atoms with E-state index in [1.807, 2.05) is 0 Å². The molecule has 106 valence electrons. The first-order valence-electron chi connectivity index (χ1n) is 6.38. The predicted octanol–water partition coefficient (Wildman–Crippen LogP) is 3.74. The molecule has 1 aromatic rings. The minimum absolute atomic E-state index is 0.0326. The van der Waals surface area contributed by atoms with Gasteiger partial charge in [0, 0.05) is 23.9 Å². The minimum atomic E-state index is -0.398. The van der Waals surface area contributed by atoms with Gasteiger partial charge in [-0.2, -0.15) is 0 Å². The van der Waals surface area contributed by atoms with Crippen LogP contribution in [0.25, 0.3) is 0 Å². The maximum absolute atomic E-state index is 12.9. The van der Waals surface area contributed by atoms with Crippen molar-refractivity contribution in [2.45, 2.75) is 46.1 Å². The standard InChI is InChI=1S/C15H21ClFNO/c1-15(2,3)9-12(18)8-13(19)6-10-4-5-11(17)7-14(10)16/h4-5,7,12H,6,8-9,18H2,1-3H3. The van der Waals surface area contributed by atoms with Crippen LogP contribution in [0.4, 0.5) is 4.39 Å². The fourth-order valence-electron chi connectivity index (χ4n) is 2.10. The number of halogens is 2. The largest absolute Gasteiger partial charge is 0.327 e. The Morgan fingerprint density at radius 3 is 2.58 bits per heavy atom. The molecule has 0 saturated carbocycles. The number of ketones is 1. The first-order chi connectivity index (χ1) is 8.67. The smallest absolute Gasteiger partial charge is 0.138 e. The lowest BCUT2D eigenvalue weighted by molar-refractivity contribution is -0.118. The molecule has 0 aliphatic carbocycles. The van der Waals surface area contributed by atoms with Crippen LogP contribution >= 0.6 is 11.6 Å². The van der Waals surface area contributed by atoms with Crippen LogP contribution in [-0.2, 0) is 11.2 Å². The van der Waals surface area contributed by atoms with Crippen LogP contribution < -0.4 is 5.73 Å². The third-order valence-electron chi connectivity index (χ3n) is 2.77. The molecule has 0 heterocycles. The van der Waals surface area contributed by atoms with Crippen LogP contribution in [0.2, 0.25) is 5.02 Å². The van der Waals surface area contributed by atoms with E-state index >= 15 is 0 Å². The van der Waals surface area contributed by atoms with Crippen molar-refractivity contribution in [2.24, 2.45) is 11.1 Å². The maximum atomic E-state index is 12.9. The number of carbonyl (C=O) groups excluding carboxylic acids is 1. The molecular formula is C15H21ClFNO. The van der Waals surface area contributed by atoms with Gasteiger partial charge in [-0.05, 0) is 29.5 Å². The molecule has 0 aliphatic rings. The Labute approximate surface area is 119 Å². The summed E-state index contributed by atoms with van der Waals surface area (Å²) in [5.41, 5.74) is 6.72. The monoisotopic (exact) mass is 285 g/mol. The fraction of sp³-hybridized carbons (Fsp3) is 0.533. The number of nitrogens with two attached hydrogens (primary N) is 1. The Morgan fingerprint density at radius 1 is 1.42 bits per heavy atom. The number of hydrogen-bond donors (Lipinski definition) is 1. The number of carbonyl (C=O) groups is 1. The highest BCUT2D eigenvalue weighted by Crippen LogP contribution is 2.22. The van der Waals surface area contributed by atoms with Crippen molar-refractivity contribution in [3.8, 4) is 0 Å². The molecule has 0 amide bonds. The van der Waals surface area contributed by atoms with E-state index < -0.39 is 5.82 Å². The average molecular weight is 286 g/mol. The molecule has 0 radical (unpaired) electrons. The maximum Gasteiger partial charge on any atom is 0.138 e. The van der Waals surface area contributed by atoms with E-state index in [1.165, 1.54) is 12.1 Å². The predicted molar refractivity (Wildman–Crippen MR) is 76.8 cm³/mol. The van der Waals surface area contributed by atoms with Crippen molar-refractivity contribution in [1.29, 1.82) is 0 Å². The summed E-state index contributed by atoms with van der Waals surface area (Å²) in [6.07, 6.45) is 1.32. The SMILES string of the molecule is CC(C)(C)CC(N)CC(=O)Cc1ccc(F)cc1Cl. The van der Waals surface area contributed by atoms with Crippen LogP contribution in [0.15, 0.2) is 18.2 Å². The molecule has 0 bridgehead atoms. The van der Waals surface area contributed by atoms with E-state index in [2.05, 4.69) is 20.8 Å². The van der Waals surface area contributed by atoms with Crippen molar-refractivity contribution >= 4 is 17.4 Å². The van der Waals surface area contributed by atoms with Gasteiger partial charge in [0.15, 0.2) is 0 Å². The highest BCUT2D eigenvalue weighted by molar-refractivity contribution is 6.31. The van der Waals surface area contributed by atoms with Gasteiger partial charge in [0.05, 0.1) is 0 Å². The van der Waals surface area contributed by atoms with E-state index in [1.54, 1.807) is 6.07 Å². The Bertz CT molecular complexity index is 454. The Balaban J connectivity index is 2.56. The Kier molecular flexibility index (Phi) is 5.50. The second-order valence-corrected chi connectivity index (χ2v) is 6.59. The van der Waals surface area contributed by atoms with E-state index in [0.29, 0.717) is 12.0 Å². The first kappa shape index (κ1) is 16.1. The molecule has 19 heavy (non-hydrogen) atoms. The molecule has 1 atom stereocenters. The molecule has 1 aromatic carbocycles. The molecule has 0 spiro atoms. The lowest BCUT2D eigenvalue weighted by Gasteiger charge is -2.22. The molecule has 0 fully saturated rings. The summed E-state index contributed by atoms with van der Waals surface area (Å²) >= 11 is 5.89. The lowest BCUT2D eigenvalue weighted by atomic mass is 9.86. The lowest BCUT2D eigenvalue weighted by Crippen LogP contribution is -2.29. The molecule has 2 nitrogen and oxygen atoms in total.